The van der Waals surface area contributed by atoms with Crippen molar-refractivity contribution >= 4 is 5.91 Å². The number of rotatable bonds is 7. The average molecular weight is 249 g/mol. The van der Waals surface area contributed by atoms with E-state index in [2.05, 4.69) is 26.1 Å². The van der Waals surface area contributed by atoms with Crippen LogP contribution >= 0.6 is 0 Å². The largest absolute Gasteiger partial charge is 0.492 e. The van der Waals surface area contributed by atoms with E-state index in [0.717, 1.165) is 18.6 Å². The van der Waals surface area contributed by atoms with Gasteiger partial charge in [-0.15, -0.1) is 0 Å². The number of nitrogens with one attached hydrogen (secondary N) is 1. The van der Waals surface area contributed by atoms with Crippen molar-refractivity contribution in [2.45, 2.75) is 40.0 Å². The van der Waals surface area contributed by atoms with Crippen LogP contribution in [-0.2, 0) is 4.79 Å². The molecule has 0 aliphatic rings. The molecule has 0 spiro atoms. The molecular weight excluding hydrogens is 226 g/mol. The lowest BCUT2D eigenvalue weighted by Gasteiger charge is -2.09. The van der Waals surface area contributed by atoms with E-state index in [1.807, 2.05) is 18.2 Å². The lowest BCUT2D eigenvalue weighted by Crippen LogP contribution is -2.27. The van der Waals surface area contributed by atoms with Gasteiger partial charge < -0.3 is 10.1 Å². The van der Waals surface area contributed by atoms with Gasteiger partial charge in [0.1, 0.15) is 12.4 Å². The zero-order valence-electron chi connectivity index (χ0n) is 11.6. The minimum Gasteiger partial charge on any atom is -0.492 e. The maximum Gasteiger partial charge on any atom is 0.220 e. The molecule has 0 saturated heterocycles. The van der Waals surface area contributed by atoms with Gasteiger partial charge in [0.25, 0.3) is 0 Å². The first kappa shape index (κ1) is 14.6. The molecule has 0 aromatic heterocycles. The Labute approximate surface area is 110 Å². The third-order valence-electron chi connectivity index (χ3n) is 2.93. The fourth-order valence-electron chi connectivity index (χ4n) is 1.59. The van der Waals surface area contributed by atoms with Crippen molar-refractivity contribution in [2.75, 3.05) is 13.2 Å². The molecular formula is C15H23NO2. The highest BCUT2D eigenvalue weighted by Gasteiger charge is 2.00. The van der Waals surface area contributed by atoms with E-state index in [-0.39, 0.29) is 5.91 Å². The van der Waals surface area contributed by atoms with E-state index in [9.17, 15) is 4.79 Å². The number of ether oxygens (including phenoxy) is 1. The van der Waals surface area contributed by atoms with Crippen LogP contribution in [0.15, 0.2) is 18.2 Å². The van der Waals surface area contributed by atoms with Gasteiger partial charge >= 0.3 is 0 Å². The molecule has 0 heterocycles. The van der Waals surface area contributed by atoms with Gasteiger partial charge in [-0.2, -0.15) is 0 Å². The molecule has 1 amide bonds. The van der Waals surface area contributed by atoms with E-state index >= 15 is 0 Å². The van der Waals surface area contributed by atoms with E-state index in [1.165, 1.54) is 11.1 Å². The van der Waals surface area contributed by atoms with Crippen LogP contribution in [0.5, 0.6) is 5.75 Å². The second kappa shape index (κ2) is 7.75. The lowest BCUT2D eigenvalue weighted by molar-refractivity contribution is -0.121. The number of benzene rings is 1. The summed E-state index contributed by atoms with van der Waals surface area (Å²) in [5, 5.41) is 2.85. The molecule has 0 unspecified atom stereocenters. The van der Waals surface area contributed by atoms with E-state index < -0.39 is 0 Å². The topological polar surface area (TPSA) is 38.3 Å². The third kappa shape index (κ3) is 5.21. The monoisotopic (exact) mass is 249 g/mol. The van der Waals surface area contributed by atoms with Crippen molar-refractivity contribution in [1.29, 1.82) is 0 Å². The van der Waals surface area contributed by atoms with E-state index in [0.29, 0.717) is 19.6 Å². The standard InChI is InChI=1S/C15H23NO2/c1-4-5-6-15(17)16-9-10-18-14-8-7-12(2)13(3)11-14/h7-8,11H,4-6,9-10H2,1-3H3,(H,16,17). The van der Waals surface area contributed by atoms with Gasteiger partial charge in [0, 0.05) is 6.42 Å². The number of hydrogen-bond donors (Lipinski definition) is 1. The van der Waals surface area contributed by atoms with Crippen LogP contribution in [0, 0.1) is 13.8 Å². The van der Waals surface area contributed by atoms with Gasteiger partial charge in [-0.1, -0.05) is 19.4 Å². The summed E-state index contributed by atoms with van der Waals surface area (Å²) >= 11 is 0. The first-order chi connectivity index (χ1) is 8.63. The smallest absolute Gasteiger partial charge is 0.220 e. The average Bonchev–Trinajstić information content (AvgIpc) is 2.36. The molecule has 1 rings (SSSR count). The Kier molecular flexibility index (Phi) is 6.26. The minimum absolute atomic E-state index is 0.112. The van der Waals surface area contributed by atoms with Crippen molar-refractivity contribution in [3.63, 3.8) is 0 Å². The summed E-state index contributed by atoms with van der Waals surface area (Å²) in [4.78, 5) is 11.3. The fraction of sp³-hybridized carbons (Fsp3) is 0.533. The molecule has 0 aliphatic carbocycles. The van der Waals surface area contributed by atoms with Crippen molar-refractivity contribution in [3.8, 4) is 5.75 Å². The van der Waals surface area contributed by atoms with Crippen LogP contribution in [0.3, 0.4) is 0 Å². The molecule has 100 valence electrons. The Bertz CT molecular complexity index is 388. The predicted octanol–water partition coefficient (Wildman–Crippen LogP) is 2.99. The molecule has 3 heteroatoms. The van der Waals surface area contributed by atoms with Gasteiger partial charge in [0.05, 0.1) is 6.54 Å². The fourth-order valence-corrected chi connectivity index (χ4v) is 1.59. The van der Waals surface area contributed by atoms with E-state index in [4.69, 9.17) is 4.74 Å². The zero-order valence-corrected chi connectivity index (χ0v) is 11.6. The number of carbonyl (C=O) groups is 1. The number of amides is 1. The highest BCUT2D eigenvalue weighted by molar-refractivity contribution is 5.75. The first-order valence-corrected chi connectivity index (χ1v) is 6.60. The van der Waals surface area contributed by atoms with Gasteiger partial charge in [0.2, 0.25) is 5.91 Å². The molecule has 3 nitrogen and oxygen atoms in total. The van der Waals surface area contributed by atoms with Gasteiger partial charge in [-0.3, -0.25) is 4.79 Å². The Balaban J connectivity index is 2.21. The van der Waals surface area contributed by atoms with Crippen molar-refractivity contribution in [3.05, 3.63) is 29.3 Å². The molecule has 0 saturated carbocycles. The maximum atomic E-state index is 11.3. The Morgan fingerprint density at radius 1 is 1.28 bits per heavy atom. The third-order valence-corrected chi connectivity index (χ3v) is 2.93. The lowest BCUT2D eigenvalue weighted by atomic mass is 10.1. The molecule has 0 bridgehead atoms. The Morgan fingerprint density at radius 3 is 2.72 bits per heavy atom. The van der Waals surface area contributed by atoms with Crippen LogP contribution in [0.2, 0.25) is 0 Å². The molecule has 0 fully saturated rings. The Morgan fingerprint density at radius 2 is 2.06 bits per heavy atom. The maximum absolute atomic E-state index is 11.3. The van der Waals surface area contributed by atoms with Crippen LogP contribution in [0.4, 0.5) is 0 Å². The molecule has 18 heavy (non-hydrogen) atoms. The summed E-state index contributed by atoms with van der Waals surface area (Å²) < 4.78 is 5.58. The molecule has 1 aromatic carbocycles. The number of carbonyl (C=O) groups excluding carboxylic acids is 1. The normalized spacial score (nSPS) is 10.2. The summed E-state index contributed by atoms with van der Waals surface area (Å²) in [6, 6.07) is 6.03. The quantitative estimate of drug-likeness (QED) is 0.754. The summed E-state index contributed by atoms with van der Waals surface area (Å²) in [5.41, 5.74) is 2.48. The number of aryl methyl sites for hydroxylation is 2. The highest BCUT2D eigenvalue weighted by Crippen LogP contribution is 2.15. The first-order valence-electron chi connectivity index (χ1n) is 6.60. The number of unbranched alkanes of at least 4 members (excludes halogenated alkanes) is 1. The Hall–Kier alpha value is -1.51. The van der Waals surface area contributed by atoms with Crippen LogP contribution in [0.25, 0.3) is 0 Å². The molecule has 1 N–H and O–H groups in total. The summed E-state index contributed by atoms with van der Waals surface area (Å²) in [7, 11) is 0. The van der Waals surface area contributed by atoms with Gasteiger partial charge in [-0.25, -0.2) is 0 Å². The molecule has 1 aromatic rings. The predicted molar refractivity (Wildman–Crippen MR) is 73.9 cm³/mol. The second-order valence-corrected chi connectivity index (χ2v) is 4.55. The summed E-state index contributed by atoms with van der Waals surface area (Å²) in [6.07, 6.45) is 2.61. The SMILES string of the molecule is CCCCC(=O)NCCOc1ccc(C)c(C)c1. The highest BCUT2D eigenvalue weighted by atomic mass is 16.5. The molecule has 0 aliphatic heterocycles. The van der Waals surface area contributed by atoms with Crippen molar-refractivity contribution in [2.24, 2.45) is 0 Å². The second-order valence-electron chi connectivity index (χ2n) is 4.55. The van der Waals surface area contributed by atoms with Crippen molar-refractivity contribution < 1.29 is 9.53 Å². The molecule has 0 atom stereocenters. The zero-order chi connectivity index (χ0) is 13.4. The minimum atomic E-state index is 0.112. The van der Waals surface area contributed by atoms with Gasteiger partial charge in [-0.05, 0) is 43.5 Å². The van der Waals surface area contributed by atoms with Crippen LogP contribution in [0.1, 0.15) is 37.3 Å². The van der Waals surface area contributed by atoms with Crippen LogP contribution < -0.4 is 10.1 Å². The molecule has 0 radical (unpaired) electrons. The van der Waals surface area contributed by atoms with Crippen molar-refractivity contribution in [1.82, 2.24) is 5.32 Å². The van der Waals surface area contributed by atoms with Gasteiger partial charge in [0.15, 0.2) is 0 Å². The summed E-state index contributed by atoms with van der Waals surface area (Å²) in [5.74, 6) is 0.974. The van der Waals surface area contributed by atoms with Crippen LogP contribution in [-0.4, -0.2) is 19.1 Å². The number of hydrogen-bond acceptors (Lipinski definition) is 2. The summed E-state index contributed by atoms with van der Waals surface area (Å²) in [6.45, 7) is 7.30. The van der Waals surface area contributed by atoms with E-state index in [1.54, 1.807) is 0 Å².